The van der Waals surface area contributed by atoms with Crippen LogP contribution < -0.4 is 0 Å². The number of imidazole rings is 1. The van der Waals surface area contributed by atoms with Crippen molar-refractivity contribution in [2.75, 3.05) is 0 Å². The maximum absolute atomic E-state index is 10.5. The minimum absolute atomic E-state index is 0.0509. The second-order valence-electron chi connectivity index (χ2n) is 3.04. The Balaban J connectivity index is 3.05. The van der Waals surface area contributed by atoms with E-state index < -0.39 is 5.97 Å². The van der Waals surface area contributed by atoms with Crippen LogP contribution >= 0.6 is 0 Å². The third-order valence-electron chi connectivity index (χ3n) is 2.14. The summed E-state index contributed by atoms with van der Waals surface area (Å²) in [6, 6.07) is 0. The maximum Gasteiger partial charge on any atom is 0.309 e. The molecule has 0 saturated heterocycles. The van der Waals surface area contributed by atoms with Crippen LogP contribution in [0, 0.1) is 6.92 Å². The first-order valence-electron chi connectivity index (χ1n) is 4.29. The molecule has 0 aliphatic rings. The van der Waals surface area contributed by atoms with Gasteiger partial charge in [0.25, 0.3) is 0 Å². The van der Waals surface area contributed by atoms with Gasteiger partial charge in [-0.1, -0.05) is 6.92 Å². The molecule has 72 valence electrons. The smallest absolute Gasteiger partial charge is 0.309 e. The molecule has 0 unspecified atom stereocenters. The molecule has 0 aliphatic heterocycles. The summed E-state index contributed by atoms with van der Waals surface area (Å²) in [7, 11) is 1.86. The van der Waals surface area contributed by atoms with Gasteiger partial charge in [0, 0.05) is 13.5 Å². The van der Waals surface area contributed by atoms with Gasteiger partial charge in [0.2, 0.25) is 0 Å². The Bertz CT molecular complexity index is 329. The standard InChI is InChI=1S/C9H14N2O2/c1-4-8-10-6(2)7(11(8)3)5-9(12)13/h4-5H2,1-3H3,(H,12,13). The fourth-order valence-corrected chi connectivity index (χ4v) is 1.44. The topological polar surface area (TPSA) is 55.1 Å². The lowest BCUT2D eigenvalue weighted by Gasteiger charge is -2.01. The lowest BCUT2D eigenvalue weighted by atomic mass is 10.2. The number of aryl methyl sites for hydroxylation is 2. The predicted octanol–water partition coefficient (Wildman–Crippen LogP) is 0.918. The van der Waals surface area contributed by atoms with Crippen LogP contribution in [0.5, 0.6) is 0 Å². The van der Waals surface area contributed by atoms with E-state index in [2.05, 4.69) is 4.98 Å². The summed E-state index contributed by atoms with van der Waals surface area (Å²) >= 11 is 0. The van der Waals surface area contributed by atoms with Crippen molar-refractivity contribution in [3.05, 3.63) is 17.2 Å². The first-order chi connectivity index (χ1) is 6.06. The number of carboxylic acid groups (broad SMARTS) is 1. The van der Waals surface area contributed by atoms with Crippen molar-refractivity contribution in [3.8, 4) is 0 Å². The van der Waals surface area contributed by atoms with Crippen LogP contribution in [-0.2, 0) is 24.7 Å². The Morgan fingerprint density at radius 3 is 2.62 bits per heavy atom. The van der Waals surface area contributed by atoms with Gasteiger partial charge in [-0.25, -0.2) is 4.98 Å². The fraction of sp³-hybridized carbons (Fsp3) is 0.556. The van der Waals surface area contributed by atoms with Gasteiger partial charge in [-0.15, -0.1) is 0 Å². The van der Waals surface area contributed by atoms with E-state index >= 15 is 0 Å². The molecule has 1 aromatic heterocycles. The first-order valence-corrected chi connectivity index (χ1v) is 4.29. The molecule has 0 radical (unpaired) electrons. The number of hydrogen-bond donors (Lipinski definition) is 1. The minimum atomic E-state index is -0.811. The molecule has 0 spiro atoms. The number of carboxylic acids is 1. The van der Waals surface area contributed by atoms with Gasteiger partial charge in [0.1, 0.15) is 5.82 Å². The summed E-state index contributed by atoms with van der Waals surface area (Å²) in [4.78, 5) is 14.8. The largest absolute Gasteiger partial charge is 0.481 e. The molecule has 0 bridgehead atoms. The van der Waals surface area contributed by atoms with Gasteiger partial charge in [-0.2, -0.15) is 0 Å². The van der Waals surface area contributed by atoms with Gasteiger partial charge < -0.3 is 9.67 Å². The Morgan fingerprint density at radius 2 is 2.23 bits per heavy atom. The number of aromatic nitrogens is 2. The summed E-state index contributed by atoms with van der Waals surface area (Å²) in [6.07, 6.45) is 0.881. The third kappa shape index (κ3) is 1.88. The van der Waals surface area contributed by atoms with E-state index in [0.29, 0.717) is 0 Å². The molecular weight excluding hydrogens is 168 g/mol. The second kappa shape index (κ2) is 3.60. The number of hydrogen-bond acceptors (Lipinski definition) is 2. The molecule has 1 heterocycles. The van der Waals surface area contributed by atoms with Crippen LogP contribution in [0.2, 0.25) is 0 Å². The van der Waals surface area contributed by atoms with Crippen molar-refractivity contribution in [3.63, 3.8) is 0 Å². The van der Waals surface area contributed by atoms with Gasteiger partial charge in [0.15, 0.2) is 0 Å². The van der Waals surface area contributed by atoms with Crippen molar-refractivity contribution < 1.29 is 9.90 Å². The van der Waals surface area contributed by atoms with E-state index in [1.54, 1.807) is 0 Å². The number of carbonyl (C=O) groups is 1. The first kappa shape index (κ1) is 9.77. The molecule has 4 heteroatoms. The lowest BCUT2D eigenvalue weighted by molar-refractivity contribution is -0.136. The number of nitrogens with zero attached hydrogens (tertiary/aromatic N) is 2. The zero-order valence-corrected chi connectivity index (χ0v) is 8.16. The van der Waals surface area contributed by atoms with Gasteiger partial charge >= 0.3 is 5.97 Å². The quantitative estimate of drug-likeness (QED) is 0.756. The summed E-state index contributed by atoms with van der Waals surface area (Å²) in [6.45, 7) is 3.85. The zero-order valence-electron chi connectivity index (χ0n) is 8.16. The highest BCUT2D eigenvalue weighted by Crippen LogP contribution is 2.10. The molecule has 0 atom stereocenters. The lowest BCUT2D eigenvalue weighted by Crippen LogP contribution is -2.07. The number of aliphatic carboxylic acids is 1. The fourth-order valence-electron chi connectivity index (χ4n) is 1.44. The van der Waals surface area contributed by atoms with E-state index in [9.17, 15) is 4.79 Å². The van der Waals surface area contributed by atoms with Crippen molar-refractivity contribution in [2.45, 2.75) is 26.7 Å². The second-order valence-corrected chi connectivity index (χ2v) is 3.04. The normalized spacial score (nSPS) is 10.4. The molecule has 0 aliphatic carbocycles. The average Bonchev–Trinajstić information content (AvgIpc) is 2.31. The molecule has 1 rings (SSSR count). The van der Waals surface area contributed by atoms with E-state index in [-0.39, 0.29) is 6.42 Å². The maximum atomic E-state index is 10.5. The van der Waals surface area contributed by atoms with E-state index in [1.807, 2.05) is 25.5 Å². The SMILES string of the molecule is CCc1nc(C)c(CC(=O)O)n1C. The minimum Gasteiger partial charge on any atom is -0.481 e. The van der Waals surface area contributed by atoms with E-state index in [0.717, 1.165) is 23.6 Å². The Kier molecular flexibility index (Phi) is 2.70. The van der Waals surface area contributed by atoms with Gasteiger partial charge in [-0.3, -0.25) is 4.79 Å². The molecule has 1 N–H and O–H groups in total. The molecule has 0 fully saturated rings. The molecule has 1 aromatic rings. The van der Waals surface area contributed by atoms with E-state index in [1.165, 1.54) is 0 Å². The van der Waals surface area contributed by atoms with Crippen molar-refractivity contribution in [1.29, 1.82) is 0 Å². The zero-order chi connectivity index (χ0) is 10.0. The number of rotatable bonds is 3. The van der Waals surface area contributed by atoms with E-state index in [4.69, 9.17) is 5.11 Å². The highest BCUT2D eigenvalue weighted by molar-refractivity contribution is 5.70. The molecule has 4 nitrogen and oxygen atoms in total. The van der Waals surface area contributed by atoms with Crippen LogP contribution in [0.15, 0.2) is 0 Å². The molecule has 13 heavy (non-hydrogen) atoms. The van der Waals surface area contributed by atoms with Gasteiger partial charge in [-0.05, 0) is 6.92 Å². The van der Waals surface area contributed by atoms with Crippen LogP contribution in [0.4, 0.5) is 0 Å². The third-order valence-corrected chi connectivity index (χ3v) is 2.14. The average molecular weight is 182 g/mol. The summed E-state index contributed by atoms with van der Waals surface area (Å²) in [5, 5.41) is 8.66. The van der Waals surface area contributed by atoms with Crippen LogP contribution in [0.25, 0.3) is 0 Å². The highest BCUT2D eigenvalue weighted by atomic mass is 16.4. The Morgan fingerprint density at radius 1 is 1.62 bits per heavy atom. The summed E-state index contributed by atoms with van der Waals surface area (Å²) in [5.74, 6) is 0.127. The molecule has 0 saturated carbocycles. The summed E-state index contributed by atoms with van der Waals surface area (Å²) < 4.78 is 1.86. The summed E-state index contributed by atoms with van der Waals surface area (Å²) in [5.41, 5.74) is 1.62. The van der Waals surface area contributed by atoms with Crippen LogP contribution in [0.3, 0.4) is 0 Å². The predicted molar refractivity (Wildman–Crippen MR) is 48.7 cm³/mol. The van der Waals surface area contributed by atoms with Crippen molar-refractivity contribution in [1.82, 2.24) is 9.55 Å². The van der Waals surface area contributed by atoms with Crippen LogP contribution in [-0.4, -0.2) is 20.6 Å². The Hall–Kier alpha value is -1.32. The van der Waals surface area contributed by atoms with Crippen LogP contribution in [0.1, 0.15) is 24.1 Å². The van der Waals surface area contributed by atoms with Gasteiger partial charge in [0.05, 0.1) is 17.8 Å². The molecule has 0 aromatic carbocycles. The molecule has 0 amide bonds. The Labute approximate surface area is 77.2 Å². The highest BCUT2D eigenvalue weighted by Gasteiger charge is 2.12. The monoisotopic (exact) mass is 182 g/mol. The van der Waals surface area contributed by atoms with Crippen molar-refractivity contribution in [2.24, 2.45) is 7.05 Å². The van der Waals surface area contributed by atoms with Crippen molar-refractivity contribution >= 4 is 5.97 Å². The molecular formula is C9H14N2O2.